The molecule has 5 N–H and O–H groups in total. The maximum Gasteiger partial charge on any atom is 0.326 e. The van der Waals surface area contributed by atoms with Crippen molar-refractivity contribution in [1.82, 2.24) is 5.32 Å². The zero-order valence-corrected chi connectivity index (χ0v) is 15.6. The summed E-state index contributed by atoms with van der Waals surface area (Å²) in [5, 5.41) is 19.2. The van der Waals surface area contributed by atoms with Gasteiger partial charge in [-0.15, -0.1) is 0 Å². The molecule has 3 rings (SSSR count). The van der Waals surface area contributed by atoms with E-state index in [-0.39, 0.29) is 24.6 Å². The summed E-state index contributed by atoms with van der Waals surface area (Å²) >= 11 is 0. The van der Waals surface area contributed by atoms with Crippen LogP contribution in [0.3, 0.4) is 0 Å². The summed E-state index contributed by atoms with van der Waals surface area (Å²) in [6.07, 6.45) is 3.39. The van der Waals surface area contributed by atoms with E-state index in [0.29, 0.717) is 29.8 Å². The lowest BCUT2D eigenvalue weighted by Crippen LogP contribution is -2.43. The molecule has 2 aromatic rings. The first-order valence-corrected chi connectivity index (χ1v) is 9.14. The highest BCUT2D eigenvalue weighted by Crippen LogP contribution is 2.27. The zero-order valence-electron chi connectivity index (χ0n) is 15.6. The number of hydrogen-bond acceptors (Lipinski definition) is 5. The van der Waals surface area contributed by atoms with E-state index >= 15 is 0 Å². The molecule has 9 nitrogen and oxygen atoms in total. The minimum atomic E-state index is -1.15. The number of benzene rings is 1. The molecule has 0 bridgehead atoms. The van der Waals surface area contributed by atoms with E-state index in [4.69, 9.17) is 15.6 Å². The van der Waals surface area contributed by atoms with E-state index in [1.165, 1.54) is 12.5 Å². The maximum atomic E-state index is 12.7. The minimum absolute atomic E-state index is 0.0535. The van der Waals surface area contributed by atoms with Gasteiger partial charge in [-0.2, -0.15) is 0 Å². The molecule has 9 heteroatoms. The summed E-state index contributed by atoms with van der Waals surface area (Å²) < 4.78 is 4.92. The summed E-state index contributed by atoms with van der Waals surface area (Å²) in [5.41, 5.74) is 7.33. The number of carbonyl (C=O) groups is 3. The van der Waals surface area contributed by atoms with Gasteiger partial charge < -0.3 is 25.5 Å². The Morgan fingerprint density at radius 3 is 2.62 bits per heavy atom. The van der Waals surface area contributed by atoms with Crippen molar-refractivity contribution in [3.8, 4) is 0 Å². The van der Waals surface area contributed by atoms with Crippen LogP contribution in [0.15, 0.2) is 47.3 Å². The van der Waals surface area contributed by atoms with Crippen LogP contribution in [0.1, 0.15) is 24.0 Å². The monoisotopic (exact) mass is 398 g/mol. The van der Waals surface area contributed by atoms with Crippen LogP contribution in [-0.2, 0) is 20.8 Å². The molecule has 1 saturated heterocycles. The number of nitrogen functional groups attached to an aromatic ring is 1. The third kappa shape index (κ3) is 4.81. The number of carboxylic acids is 1. The number of carbonyl (C=O) groups excluding carboxylic acids is 2. The summed E-state index contributed by atoms with van der Waals surface area (Å²) in [7, 11) is 0. The smallest absolute Gasteiger partial charge is 0.326 e. The van der Waals surface area contributed by atoms with E-state index < -0.39 is 23.8 Å². The fourth-order valence-corrected chi connectivity index (χ4v) is 3.33. The number of carboxylic acid groups (broad SMARTS) is 1. The molecule has 1 unspecified atom stereocenters. The maximum absolute atomic E-state index is 12.7. The van der Waals surface area contributed by atoms with Gasteiger partial charge in [0.2, 0.25) is 11.8 Å². The van der Waals surface area contributed by atoms with Gasteiger partial charge in [0.1, 0.15) is 11.9 Å². The number of amides is 2. The van der Waals surface area contributed by atoms with Crippen molar-refractivity contribution in [2.75, 3.05) is 11.4 Å². The molecule has 29 heavy (non-hydrogen) atoms. The molecule has 0 radical (unpaired) electrons. The van der Waals surface area contributed by atoms with Crippen molar-refractivity contribution in [3.05, 3.63) is 54.0 Å². The van der Waals surface area contributed by atoms with Crippen molar-refractivity contribution in [2.24, 2.45) is 11.7 Å². The zero-order chi connectivity index (χ0) is 21.0. The topological polar surface area (TPSA) is 150 Å². The van der Waals surface area contributed by atoms with E-state index in [1.54, 1.807) is 35.2 Å². The van der Waals surface area contributed by atoms with Gasteiger partial charge in [0.05, 0.1) is 12.5 Å². The van der Waals surface area contributed by atoms with E-state index in [9.17, 15) is 19.5 Å². The van der Waals surface area contributed by atoms with Crippen molar-refractivity contribution in [1.29, 1.82) is 5.41 Å². The Labute approximate surface area is 167 Å². The van der Waals surface area contributed by atoms with Crippen molar-refractivity contribution < 1.29 is 23.9 Å². The predicted molar refractivity (Wildman–Crippen MR) is 105 cm³/mol. The summed E-state index contributed by atoms with van der Waals surface area (Å²) in [6, 6.07) is 7.30. The Morgan fingerprint density at radius 1 is 1.31 bits per heavy atom. The van der Waals surface area contributed by atoms with Crippen LogP contribution in [0.4, 0.5) is 5.69 Å². The lowest BCUT2D eigenvalue weighted by atomic mass is 10.0. The number of rotatable bonds is 8. The van der Waals surface area contributed by atoms with Crippen LogP contribution >= 0.6 is 0 Å². The molecule has 0 spiro atoms. The first-order chi connectivity index (χ1) is 13.8. The fraction of sp³-hybridized carbons (Fsp3) is 0.300. The highest BCUT2D eigenvalue weighted by atomic mass is 16.4. The highest BCUT2D eigenvalue weighted by molar-refractivity contribution is 6.00. The van der Waals surface area contributed by atoms with Crippen LogP contribution in [0.25, 0.3) is 0 Å². The number of aliphatic carboxylic acids is 1. The lowest BCUT2D eigenvalue weighted by Gasteiger charge is -2.18. The normalized spacial score (nSPS) is 17.2. The minimum Gasteiger partial charge on any atom is -0.480 e. The number of anilines is 1. The molecule has 2 heterocycles. The Kier molecular flexibility index (Phi) is 5.96. The molecule has 2 amide bonds. The lowest BCUT2D eigenvalue weighted by molar-refractivity contribution is -0.142. The van der Waals surface area contributed by atoms with Crippen molar-refractivity contribution in [2.45, 2.75) is 25.3 Å². The second-order valence-electron chi connectivity index (χ2n) is 6.93. The molecule has 0 saturated carbocycles. The molecule has 152 valence electrons. The standard InChI is InChI=1S/C20H22N4O5/c21-18(22)13-1-3-15(4-2-13)24-7-5-14(19(24)26)10-17(25)23-16(20(27)28)9-12-6-8-29-11-12/h1-4,6,8,11,14,16H,5,7,9-10H2,(H3,21,22)(H,23,25)(H,27,28)/t14?,16-/m0/s1. The van der Waals surface area contributed by atoms with Crippen LogP contribution in [0, 0.1) is 11.3 Å². The van der Waals surface area contributed by atoms with Crippen molar-refractivity contribution in [3.63, 3.8) is 0 Å². The molecule has 1 aliphatic heterocycles. The van der Waals surface area contributed by atoms with Gasteiger partial charge in [0, 0.05) is 36.6 Å². The number of nitrogens with one attached hydrogen (secondary N) is 2. The molecule has 1 aliphatic rings. The molecular weight excluding hydrogens is 376 g/mol. The number of nitrogens with zero attached hydrogens (tertiary/aromatic N) is 1. The second kappa shape index (κ2) is 8.59. The fourth-order valence-electron chi connectivity index (χ4n) is 3.33. The number of hydrogen-bond donors (Lipinski definition) is 4. The van der Waals surface area contributed by atoms with E-state index in [0.717, 1.165) is 0 Å². The molecule has 1 aromatic heterocycles. The Bertz CT molecular complexity index is 907. The second-order valence-corrected chi connectivity index (χ2v) is 6.93. The Balaban J connectivity index is 1.58. The van der Waals surface area contributed by atoms with Gasteiger partial charge in [-0.25, -0.2) is 4.79 Å². The molecule has 1 fully saturated rings. The van der Waals surface area contributed by atoms with Gasteiger partial charge in [0.15, 0.2) is 0 Å². The Hall–Kier alpha value is -3.62. The molecular formula is C20H22N4O5. The van der Waals surface area contributed by atoms with E-state index in [1.807, 2.05) is 0 Å². The summed E-state index contributed by atoms with van der Waals surface area (Å²) in [6.45, 7) is 0.466. The molecule has 1 aromatic carbocycles. The molecule has 2 atom stereocenters. The van der Waals surface area contributed by atoms with Gasteiger partial charge in [-0.1, -0.05) is 0 Å². The Morgan fingerprint density at radius 2 is 2.03 bits per heavy atom. The third-order valence-corrected chi connectivity index (χ3v) is 4.89. The largest absolute Gasteiger partial charge is 0.480 e. The number of amidine groups is 1. The first kappa shape index (κ1) is 20.1. The summed E-state index contributed by atoms with van der Waals surface area (Å²) in [5.74, 6) is -2.37. The van der Waals surface area contributed by atoms with Gasteiger partial charge >= 0.3 is 5.97 Å². The van der Waals surface area contributed by atoms with Gasteiger partial charge in [-0.05, 0) is 42.3 Å². The van der Waals surface area contributed by atoms with Crippen LogP contribution in [0.2, 0.25) is 0 Å². The molecule has 0 aliphatic carbocycles. The van der Waals surface area contributed by atoms with Crippen LogP contribution in [-0.4, -0.2) is 41.3 Å². The highest BCUT2D eigenvalue weighted by Gasteiger charge is 2.34. The average Bonchev–Trinajstić information content (AvgIpc) is 3.32. The number of furan rings is 1. The number of nitrogens with two attached hydrogens (primary N) is 1. The summed E-state index contributed by atoms with van der Waals surface area (Å²) in [4.78, 5) is 38.0. The van der Waals surface area contributed by atoms with Crippen molar-refractivity contribution >= 4 is 29.3 Å². The predicted octanol–water partition coefficient (Wildman–Crippen LogP) is 1.12. The van der Waals surface area contributed by atoms with Gasteiger partial charge in [-0.3, -0.25) is 15.0 Å². The third-order valence-electron chi connectivity index (χ3n) is 4.89. The van der Waals surface area contributed by atoms with Crippen LogP contribution < -0.4 is 16.0 Å². The average molecular weight is 398 g/mol. The van der Waals surface area contributed by atoms with E-state index in [2.05, 4.69) is 5.32 Å². The first-order valence-electron chi connectivity index (χ1n) is 9.14. The SMILES string of the molecule is N=C(N)c1ccc(N2CCC(CC(=O)N[C@@H](Cc3ccoc3)C(=O)O)C2=O)cc1. The van der Waals surface area contributed by atoms with Crippen LogP contribution in [0.5, 0.6) is 0 Å². The quantitative estimate of drug-likeness (QED) is 0.386. The van der Waals surface area contributed by atoms with Gasteiger partial charge in [0.25, 0.3) is 0 Å².